The third kappa shape index (κ3) is 1.98. The number of hydrogen-bond donors (Lipinski definition) is 0. The first kappa shape index (κ1) is 10.1. The fourth-order valence-electron chi connectivity index (χ4n) is 1.80. The van der Waals surface area contributed by atoms with E-state index < -0.39 is 0 Å². The average Bonchev–Trinajstić information content (AvgIpc) is 2.65. The van der Waals surface area contributed by atoms with Gasteiger partial charge in [0.1, 0.15) is 6.33 Å². The number of carbonyl (C=O) groups is 1. The molecule has 0 radical (unpaired) electrons. The van der Waals surface area contributed by atoms with Crippen LogP contribution in [0, 0.1) is 5.92 Å². The lowest BCUT2D eigenvalue weighted by atomic mass is 9.89. The normalized spacial score (nSPS) is 21.2. The van der Waals surface area contributed by atoms with Gasteiger partial charge >= 0.3 is 0 Å². The molecule has 80 valence electrons. The second-order valence-electron chi connectivity index (χ2n) is 4.20. The number of hydrogen-bond acceptors (Lipinski definition) is 3. The largest absolute Gasteiger partial charge is 0.314 e. The van der Waals surface area contributed by atoms with Gasteiger partial charge in [0.25, 0.3) is 0 Å². The molecule has 0 bridgehead atoms. The van der Waals surface area contributed by atoms with Crippen LogP contribution in [0.15, 0.2) is 18.0 Å². The standard InChI is InChI=1S/C11H15N3O/c1-8-3-5-9(6-4-8)10(15)11-13-12-7-14(11)2/h5,7-8H,3-4,6H2,1-2H3. The summed E-state index contributed by atoms with van der Waals surface area (Å²) in [6.45, 7) is 2.21. The molecule has 1 aromatic rings. The van der Waals surface area contributed by atoms with E-state index in [0.717, 1.165) is 24.8 Å². The van der Waals surface area contributed by atoms with E-state index >= 15 is 0 Å². The third-order valence-electron chi connectivity index (χ3n) is 2.88. The molecule has 0 spiro atoms. The molecule has 0 aromatic carbocycles. The minimum atomic E-state index is 0.0295. The summed E-state index contributed by atoms with van der Waals surface area (Å²) in [4.78, 5) is 12.0. The van der Waals surface area contributed by atoms with Crippen LogP contribution >= 0.6 is 0 Å². The van der Waals surface area contributed by atoms with Crippen LogP contribution in [0.2, 0.25) is 0 Å². The van der Waals surface area contributed by atoms with Crippen molar-refractivity contribution in [2.75, 3.05) is 0 Å². The Morgan fingerprint density at radius 1 is 1.60 bits per heavy atom. The number of aromatic nitrogens is 3. The van der Waals surface area contributed by atoms with Gasteiger partial charge in [-0.3, -0.25) is 4.79 Å². The number of aryl methyl sites for hydroxylation is 1. The van der Waals surface area contributed by atoms with E-state index in [4.69, 9.17) is 0 Å². The monoisotopic (exact) mass is 205 g/mol. The number of Topliss-reactive ketones (excluding diaryl/α,β-unsaturated/α-hetero) is 1. The summed E-state index contributed by atoms with van der Waals surface area (Å²) in [6.07, 6.45) is 6.56. The molecule has 1 unspecified atom stereocenters. The summed E-state index contributed by atoms with van der Waals surface area (Å²) in [5.74, 6) is 1.17. The predicted octanol–water partition coefficient (Wildman–Crippen LogP) is 1.74. The Bertz CT molecular complexity index is 406. The summed E-state index contributed by atoms with van der Waals surface area (Å²) in [5.41, 5.74) is 0.893. The van der Waals surface area contributed by atoms with Crippen molar-refractivity contribution in [3.8, 4) is 0 Å². The molecule has 0 saturated heterocycles. The van der Waals surface area contributed by atoms with Crippen LogP contribution in [-0.2, 0) is 7.05 Å². The van der Waals surface area contributed by atoms with Crippen LogP contribution in [0.3, 0.4) is 0 Å². The van der Waals surface area contributed by atoms with Gasteiger partial charge in [-0.1, -0.05) is 13.0 Å². The molecule has 1 aromatic heterocycles. The SMILES string of the molecule is CC1CC=C(C(=O)c2nncn2C)CC1. The first-order chi connectivity index (χ1) is 7.18. The van der Waals surface area contributed by atoms with Crippen molar-refractivity contribution < 1.29 is 4.79 Å². The van der Waals surface area contributed by atoms with Gasteiger partial charge in [-0.25, -0.2) is 0 Å². The predicted molar refractivity (Wildman–Crippen MR) is 56.4 cm³/mol. The molecule has 0 aliphatic heterocycles. The van der Waals surface area contributed by atoms with Crippen molar-refractivity contribution in [2.45, 2.75) is 26.2 Å². The number of allylic oxidation sites excluding steroid dienone is 2. The van der Waals surface area contributed by atoms with E-state index in [0.29, 0.717) is 11.7 Å². The molecule has 0 saturated carbocycles. The Morgan fingerprint density at radius 3 is 2.93 bits per heavy atom. The van der Waals surface area contributed by atoms with Crippen molar-refractivity contribution in [2.24, 2.45) is 13.0 Å². The highest BCUT2D eigenvalue weighted by molar-refractivity contribution is 6.06. The molecule has 1 heterocycles. The lowest BCUT2D eigenvalue weighted by Crippen LogP contribution is -2.14. The molecule has 4 nitrogen and oxygen atoms in total. The van der Waals surface area contributed by atoms with E-state index in [2.05, 4.69) is 17.1 Å². The third-order valence-corrected chi connectivity index (χ3v) is 2.88. The molecule has 0 amide bonds. The van der Waals surface area contributed by atoms with E-state index in [1.807, 2.05) is 6.08 Å². The van der Waals surface area contributed by atoms with E-state index in [9.17, 15) is 4.79 Å². The van der Waals surface area contributed by atoms with Gasteiger partial charge < -0.3 is 4.57 Å². The van der Waals surface area contributed by atoms with Crippen molar-refractivity contribution >= 4 is 5.78 Å². The fraction of sp³-hybridized carbons (Fsp3) is 0.545. The highest BCUT2D eigenvalue weighted by atomic mass is 16.1. The van der Waals surface area contributed by atoms with Gasteiger partial charge in [0.2, 0.25) is 11.6 Å². The summed E-state index contributed by atoms with van der Waals surface area (Å²) in [6, 6.07) is 0. The Hall–Kier alpha value is -1.45. The minimum absolute atomic E-state index is 0.0295. The zero-order valence-electron chi connectivity index (χ0n) is 9.10. The lowest BCUT2D eigenvalue weighted by Gasteiger charge is -2.16. The summed E-state index contributed by atoms with van der Waals surface area (Å²) in [5, 5.41) is 7.55. The Labute approximate surface area is 89.0 Å². The highest BCUT2D eigenvalue weighted by Gasteiger charge is 2.20. The van der Waals surface area contributed by atoms with Crippen molar-refractivity contribution in [3.63, 3.8) is 0 Å². The molecule has 1 atom stereocenters. The van der Waals surface area contributed by atoms with Gasteiger partial charge in [0.15, 0.2) is 0 Å². The molecule has 15 heavy (non-hydrogen) atoms. The number of nitrogens with zero attached hydrogens (tertiary/aromatic N) is 3. The van der Waals surface area contributed by atoms with Gasteiger partial charge in [0, 0.05) is 7.05 Å². The first-order valence-corrected chi connectivity index (χ1v) is 5.26. The second-order valence-corrected chi connectivity index (χ2v) is 4.20. The van der Waals surface area contributed by atoms with Gasteiger partial charge in [0.05, 0.1) is 0 Å². The maximum absolute atomic E-state index is 12.0. The topological polar surface area (TPSA) is 47.8 Å². The molecule has 1 aliphatic rings. The zero-order valence-corrected chi connectivity index (χ0v) is 9.10. The van der Waals surface area contributed by atoms with E-state index in [1.54, 1.807) is 17.9 Å². The summed E-state index contributed by atoms with van der Waals surface area (Å²) >= 11 is 0. The Kier molecular flexibility index (Phi) is 2.66. The number of rotatable bonds is 2. The maximum atomic E-state index is 12.0. The fourth-order valence-corrected chi connectivity index (χ4v) is 1.80. The van der Waals surface area contributed by atoms with Crippen molar-refractivity contribution in [3.05, 3.63) is 23.8 Å². The van der Waals surface area contributed by atoms with Crippen molar-refractivity contribution in [1.29, 1.82) is 0 Å². The maximum Gasteiger partial charge on any atom is 0.226 e. The molecule has 0 N–H and O–H groups in total. The Balaban J connectivity index is 2.19. The minimum Gasteiger partial charge on any atom is -0.314 e. The van der Waals surface area contributed by atoms with Crippen LogP contribution in [0.4, 0.5) is 0 Å². The molecule has 1 aliphatic carbocycles. The van der Waals surface area contributed by atoms with Crippen molar-refractivity contribution in [1.82, 2.24) is 14.8 Å². The first-order valence-electron chi connectivity index (χ1n) is 5.26. The van der Waals surface area contributed by atoms with E-state index in [-0.39, 0.29) is 5.78 Å². The van der Waals surface area contributed by atoms with Crippen LogP contribution in [-0.4, -0.2) is 20.5 Å². The molecular weight excluding hydrogens is 190 g/mol. The highest BCUT2D eigenvalue weighted by Crippen LogP contribution is 2.24. The molecule has 2 rings (SSSR count). The van der Waals surface area contributed by atoms with Gasteiger partial charge in [-0.15, -0.1) is 10.2 Å². The average molecular weight is 205 g/mol. The molecular formula is C11H15N3O. The zero-order chi connectivity index (χ0) is 10.8. The smallest absolute Gasteiger partial charge is 0.226 e. The summed E-state index contributed by atoms with van der Waals surface area (Å²) < 4.78 is 1.67. The number of ketones is 1. The lowest BCUT2D eigenvalue weighted by molar-refractivity contribution is 0.101. The molecule has 4 heteroatoms. The van der Waals surface area contributed by atoms with E-state index in [1.165, 1.54) is 0 Å². The van der Waals surface area contributed by atoms with Gasteiger partial charge in [-0.05, 0) is 30.8 Å². The van der Waals surface area contributed by atoms with Crippen LogP contribution in [0.5, 0.6) is 0 Å². The summed E-state index contributed by atoms with van der Waals surface area (Å²) in [7, 11) is 1.79. The van der Waals surface area contributed by atoms with Crippen LogP contribution in [0.25, 0.3) is 0 Å². The van der Waals surface area contributed by atoms with Gasteiger partial charge in [-0.2, -0.15) is 0 Å². The Morgan fingerprint density at radius 2 is 2.40 bits per heavy atom. The molecule has 0 fully saturated rings. The van der Waals surface area contributed by atoms with Crippen LogP contribution < -0.4 is 0 Å². The van der Waals surface area contributed by atoms with Crippen LogP contribution in [0.1, 0.15) is 36.8 Å². The second kappa shape index (κ2) is 3.96. The quantitative estimate of drug-likeness (QED) is 0.691. The number of carbonyl (C=O) groups excluding carboxylic acids is 1.